The first-order valence-corrected chi connectivity index (χ1v) is 16.9. The minimum Gasteiger partial charge on any atom is -0.494 e. The van der Waals surface area contributed by atoms with Crippen molar-refractivity contribution >= 4 is 28.7 Å². The normalized spacial score (nSPS) is 11.3. The van der Waals surface area contributed by atoms with E-state index in [4.69, 9.17) is 9.47 Å². The van der Waals surface area contributed by atoms with Crippen LogP contribution in [0.2, 0.25) is 0 Å². The summed E-state index contributed by atoms with van der Waals surface area (Å²) in [6.45, 7) is 5.24. The number of aromatic nitrogens is 2. The molecular formula is C35H49N3O3S. The van der Waals surface area contributed by atoms with Crippen molar-refractivity contribution in [3.63, 3.8) is 0 Å². The van der Waals surface area contributed by atoms with Gasteiger partial charge in [-0.25, -0.2) is 4.99 Å². The van der Waals surface area contributed by atoms with E-state index in [1.165, 1.54) is 88.4 Å². The molecule has 0 radical (unpaired) electrons. The Kier molecular flexibility index (Phi) is 16.5. The summed E-state index contributed by atoms with van der Waals surface area (Å²) in [6, 6.07) is 15.4. The molecule has 0 N–H and O–H groups in total. The average molecular weight is 592 g/mol. The molecule has 3 aromatic rings. The summed E-state index contributed by atoms with van der Waals surface area (Å²) in [5.74, 6) is 1.27. The number of ether oxygens (including phenoxy) is 2. The predicted molar refractivity (Wildman–Crippen MR) is 175 cm³/mol. The number of unbranched alkanes of at least 4 members (excludes halogenated alkanes) is 13. The molecule has 0 saturated carbocycles. The quantitative estimate of drug-likeness (QED) is 0.0503. The lowest BCUT2D eigenvalue weighted by Gasteiger charge is -2.06. The zero-order valence-electron chi connectivity index (χ0n) is 25.7. The molecule has 1 aromatic heterocycles. The number of carbonyl (C=O) groups is 1. The molecule has 1 heterocycles. The lowest BCUT2D eigenvalue weighted by atomic mass is 10.1. The van der Waals surface area contributed by atoms with E-state index in [1.807, 2.05) is 36.4 Å². The van der Waals surface area contributed by atoms with E-state index in [0.717, 1.165) is 47.8 Å². The highest BCUT2D eigenvalue weighted by atomic mass is 32.1. The maximum atomic E-state index is 12.1. The maximum absolute atomic E-state index is 12.1. The van der Waals surface area contributed by atoms with Gasteiger partial charge in [0.1, 0.15) is 16.5 Å². The SMILES string of the molecule is CCCCCCCCCCOc1ccc(-c2nnc(/N=C/c3ccc(OC(=O)CCCCCCCCC)cc3)s2)cc1. The van der Waals surface area contributed by atoms with Gasteiger partial charge in [-0.15, -0.1) is 10.2 Å². The fourth-order valence-corrected chi connectivity index (χ4v) is 5.36. The van der Waals surface area contributed by atoms with Gasteiger partial charge in [0, 0.05) is 18.2 Å². The Labute approximate surface area is 257 Å². The second-order valence-electron chi connectivity index (χ2n) is 10.9. The second-order valence-corrected chi connectivity index (χ2v) is 11.9. The summed E-state index contributed by atoms with van der Waals surface area (Å²) in [6.07, 6.45) is 20.8. The van der Waals surface area contributed by atoms with Gasteiger partial charge in [-0.3, -0.25) is 4.79 Å². The number of aliphatic imine (C=N–C) groups is 1. The molecule has 2 aromatic carbocycles. The monoisotopic (exact) mass is 591 g/mol. The summed E-state index contributed by atoms with van der Waals surface area (Å²) in [5, 5.41) is 9.93. The minimum absolute atomic E-state index is 0.172. The van der Waals surface area contributed by atoms with Gasteiger partial charge in [0.05, 0.1) is 6.61 Å². The lowest BCUT2D eigenvalue weighted by molar-refractivity contribution is -0.134. The molecule has 0 atom stereocenters. The number of benzene rings is 2. The van der Waals surface area contributed by atoms with E-state index < -0.39 is 0 Å². The number of nitrogens with zero attached hydrogens (tertiary/aromatic N) is 3. The van der Waals surface area contributed by atoms with Gasteiger partial charge in [0.2, 0.25) is 5.13 Å². The first kappa shape index (κ1) is 33.4. The van der Waals surface area contributed by atoms with E-state index in [9.17, 15) is 4.79 Å². The highest BCUT2D eigenvalue weighted by Gasteiger charge is 2.07. The van der Waals surface area contributed by atoms with Gasteiger partial charge in [0.15, 0.2) is 0 Å². The highest BCUT2D eigenvalue weighted by Crippen LogP contribution is 2.29. The van der Waals surface area contributed by atoms with Gasteiger partial charge in [0.25, 0.3) is 0 Å². The van der Waals surface area contributed by atoms with E-state index in [2.05, 4.69) is 29.0 Å². The number of rotatable bonds is 22. The van der Waals surface area contributed by atoms with Crippen molar-refractivity contribution in [1.29, 1.82) is 0 Å². The molecule has 0 saturated heterocycles. The molecule has 0 unspecified atom stereocenters. The zero-order chi connectivity index (χ0) is 29.7. The summed E-state index contributed by atoms with van der Waals surface area (Å²) < 4.78 is 11.4. The molecule has 0 bridgehead atoms. The molecule has 0 amide bonds. The number of hydrogen-bond donors (Lipinski definition) is 0. The third kappa shape index (κ3) is 13.7. The Morgan fingerprint density at radius 2 is 1.29 bits per heavy atom. The Bertz CT molecular complexity index is 1160. The van der Waals surface area contributed by atoms with Gasteiger partial charge >= 0.3 is 5.97 Å². The summed E-state index contributed by atoms with van der Waals surface area (Å²) in [7, 11) is 0. The van der Waals surface area contributed by atoms with Crippen LogP contribution in [-0.4, -0.2) is 29.0 Å². The Morgan fingerprint density at radius 3 is 1.93 bits per heavy atom. The largest absolute Gasteiger partial charge is 0.494 e. The number of hydrogen-bond acceptors (Lipinski definition) is 7. The van der Waals surface area contributed by atoms with E-state index in [-0.39, 0.29) is 5.97 Å². The van der Waals surface area contributed by atoms with Gasteiger partial charge in [-0.05, 0) is 66.9 Å². The van der Waals surface area contributed by atoms with Crippen LogP contribution in [0.4, 0.5) is 5.13 Å². The average Bonchev–Trinajstić information content (AvgIpc) is 3.49. The van der Waals surface area contributed by atoms with Crippen molar-refractivity contribution in [3.05, 3.63) is 54.1 Å². The standard InChI is InChI=1S/C35H49N3O3S/c1-3-5-7-9-11-13-15-17-27-40-31-25-21-30(22-26-31)34-37-38-35(42-34)36-28-29-19-23-32(24-20-29)41-33(39)18-16-14-12-10-8-6-4-2/h19-26,28H,3-18,27H2,1-2H3/b36-28+. The van der Waals surface area contributed by atoms with Crippen LogP contribution in [0.15, 0.2) is 53.5 Å². The summed E-state index contributed by atoms with van der Waals surface area (Å²) in [4.78, 5) is 16.6. The Balaban J connectivity index is 1.35. The molecule has 3 rings (SSSR count). The third-order valence-corrected chi connectivity index (χ3v) is 8.08. The van der Waals surface area contributed by atoms with Crippen molar-refractivity contribution in [2.45, 2.75) is 117 Å². The minimum atomic E-state index is -0.172. The third-order valence-electron chi connectivity index (χ3n) is 7.20. The molecular weight excluding hydrogens is 542 g/mol. The molecule has 0 spiro atoms. The Hall–Kier alpha value is -3.06. The molecule has 42 heavy (non-hydrogen) atoms. The lowest BCUT2D eigenvalue weighted by Crippen LogP contribution is -2.07. The van der Waals surface area contributed by atoms with Crippen LogP contribution in [0.1, 0.15) is 122 Å². The molecule has 6 nitrogen and oxygen atoms in total. The van der Waals surface area contributed by atoms with Gasteiger partial charge in [-0.2, -0.15) is 0 Å². The van der Waals surface area contributed by atoms with Gasteiger partial charge in [-0.1, -0.05) is 109 Å². The molecule has 0 fully saturated rings. The first-order valence-electron chi connectivity index (χ1n) is 16.1. The van der Waals surface area contributed by atoms with E-state index in [0.29, 0.717) is 17.3 Å². The van der Waals surface area contributed by atoms with Crippen LogP contribution >= 0.6 is 11.3 Å². The van der Waals surface area contributed by atoms with Crippen LogP contribution < -0.4 is 9.47 Å². The molecule has 0 aliphatic rings. The molecule has 0 aliphatic heterocycles. The van der Waals surface area contributed by atoms with Crippen LogP contribution in [0, 0.1) is 0 Å². The summed E-state index contributed by atoms with van der Waals surface area (Å²) in [5.41, 5.74) is 1.90. The smallest absolute Gasteiger partial charge is 0.311 e. The summed E-state index contributed by atoms with van der Waals surface area (Å²) >= 11 is 1.44. The highest BCUT2D eigenvalue weighted by molar-refractivity contribution is 7.18. The maximum Gasteiger partial charge on any atom is 0.311 e. The second kappa shape index (κ2) is 20.8. The van der Waals surface area contributed by atoms with Crippen LogP contribution in [0.25, 0.3) is 10.6 Å². The molecule has 228 valence electrons. The van der Waals surface area contributed by atoms with Gasteiger partial charge < -0.3 is 9.47 Å². The van der Waals surface area contributed by atoms with Crippen LogP contribution in [-0.2, 0) is 4.79 Å². The zero-order valence-corrected chi connectivity index (χ0v) is 26.5. The number of carbonyl (C=O) groups excluding carboxylic acids is 1. The Morgan fingerprint density at radius 1 is 0.714 bits per heavy atom. The fraction of sp³-hybridized carbons (Fsp3) is 0.543. The van der Waals surface area contributed by atoms with Crippen LogP contribution in [0.3, 0.4) is 0 Å². The topological polar surface area (TPSA) is 73.7 Å². The molecule has 0 aliphatic carbocycles. The van der Waals surface area contributed by atoms with Crippen molar-refractivity contribution < 1.29 is 14.3 Å². The van der Waals surface area contributed by atoms with Crippen molar-refractivity contribution in [2.24, 2.45) is 4.99 Å². The fourth-order valence-electron chi connectivity index (χ4n) is 4.66. The van der Waals surface area contributed by atoms with Crippen molar-refractivity contribution in [3.8, 4) is 22.1 Å². The predicted octanol–water partition coefficient (Wildman–Crippen LogP) is 10.5. The van der Waals surface area contributed by atoms with E-state index >= 15 is 0 Å². The number of esters is 1. The first-order chi connectivity index (χ1) is 20.7. The van der Waals surface area contributed by atoms with Crippen LogP contribution in [0.5, 0.6) is 11.5 Å². The van der Waals surface area contributed by atoms with Crippen molar-refractivity contribution in [1.82, 2.24) is 10.2 Å². The van der Waals surface area contributed by atoms with Crippen molar-refractivity contribution in [2.75, 3.05) is 6.61 Å². The van der Waals surface area contributed by atoms with E-state index in [1.54, 1.807) is 18.3 Å². The molecule has 7 heteroatoms.